The van der Waals surface area contributed by atoms with E-state index < -0.39 is 0 Å². The van der Waals surface area contributed by atoms with Crippen LogP contribution in [0.5, 0.6) is 0 Å². The molecule has 2 rings (SSSR count). The van der Waals surface area contributed by atoms with Gasteiger partial charge in [0, 0.05) is 30.2 Å². The summed E-state index contributed by atoms with van der Waals surface area (Å²) >= 11 is 0. The zero-order valence-corrected chi connectivity index (χ0v) is 10.6. The van der Waals surface area contributed by atoms with Crippen LogP contribution in [0.3, 0.4) is 0 Å². The number of pyridine rings is 1. The number of amides is 1. The molecule has 2 aromatic rings. The molecule has 1 heterocycles. The predicted molar refractivity (Wildman–Crippen MR) is 70.5 cm³/mol. The van der Waals surface area contributed by atoms with Crippen LogP contribution in [0.4, 0.5) is 0 Å². The normalized spacial score (nSPS) is 10.6. The summed E-state index contributed by atoms with van der Waals surface area (Å²) in [4.78, 5) is 17.9. The minimum absolute atomic E-state index is 0.0312. The van der Waals surface area contributed by atoms with Gasteiger partial charge in [0.05, 0.1) is 12.1 Å². The van der Waals surface area contributed by atoms with Crippen LogP contribution in [0, 0.1) is 6.92 Å². The van der Waals surface area contributed by atoms with Crippen molar-refractivity contribution in [1.29, 1.82) is 0 Å². The lowest BCUT2D eigenvalue weighted by atomic mass is 10.1. The number of benzene rings is 1. The van der Waals surface area contributed by atoms with Gasteiger partial charge in [-0.05, 0) is 31.2 Å². The number of aliphatic hydroxyl groups is 1. The van der Waals surface area contributed by atoms with Crippen LogP contribution in [0.2, 0.25) is 0 Å². The zero-order chi connectivity index (χ0) is 13.1. The average molecular weight is 244 g/mol. The number of fused-ring (bicyclic) bond motifs is 1. The lowest BCUT2D eigenvalue weighted by Crippen LogP contribution is -2.29. The fourth-order valence-corrected chi connectivity index (χ4v) is 1.83. The van der Waals surface area contributed by atoms with E-state index in [1.54, 1.807) is 13.1 Å². The lowest BCUT2D eigenvalue weighted by Gasteiger charge is -2.15. The van der Waals surface area contributed by atoms with Gasteiger partial charge in [-0.1, -0.05) is 6.07 Å². The van der Waals surface area contributed by atoms with Crippen molar-refractivity contribution in [2.45, 2.75) is 6.92 Å². The molecule has 1 aromatic carbocycles. The second-order valence-electron chi connectivity index (χ2n) is 4.31. The van der Waals surface area contributed by atoms with Gasteiger partial charge in [-0.25, -0.2) is 0 Å². The molecule has 0 unspecified atom stereocenters. The number of hydrogen-bond donors (Lipinski definition) is 1. The Balaban J connectivity index is 2.35. The van der Waals surface area contributed by atoms with Gasteiger partial charge < -0.3 is 10.0 Å². The molecular weight excluding hydrogens is 228 g/mol. The van der Waals surface area contributed by atoms with E-state index >= 15 is 0 Å². The number of nitrogens with zero attached hydrogens (tertiary/aromatic N) is 2. The number of aromatic nitrogens is 1. The van der Waals surface area contributed by atoms with Gasteiger partial charge in [0.2, 0.25) is 0 Å². The first-order valence-corrected chi connectivity index (χ1v) is 5.85. The number of aryl methyl sites for hydroxylation is 1. The zero-order valence-electron chi connectivity index (χ0n) is 10.6. The quantitative estimate of drug-likeness (QED) is 0.892. The number of likely N-dealkylation sites (N-methyl/N-ethyl adjacent to an activating group) is 1. The third-order valence-electron chi connectivity index (χ3n) is 2.86. The largest absolute Gasteiger partial charge is 0.395 e. The molecule has 0 radical (unpaired) electrons. The molecule has 0 aliphatic rings. The molecule has 1 amide bonds. The van der Waals surface area contributed by atoms with Crippen molar-refractivity contribution in [1.82, 2.24) is 9.88 Å². The standard InChI is InChI=1S/C14H16N2O2/c1-10-3-4-11-9-12(5-6-13(11)15-10)14(18)16(2)7-8-17/h3-6,9,17H,7-8H2,1-2H3. The third-order valence-corrected chi connectivity index (χ3v) is 2.86. The first kappa shape index (κ1) is 12.5. The highest BCUT2D eigenvalue weighted by atomic mass is 16.3. The fraction of sp³-hybridized carbons (Fsp3) is 0.286. The second kappa shape index (κ2) is 5.14. The van der Waals surface area contributed by atoms with E-state index in [1.807, 2.05) is 31.2 Å². The Kier molecular flexibility index (Phi) is 3.58. The van der Waals surface area contributed by atoms with E-state index in [4.69, 9.17) is 5.11 Å². The van der Waals surface area contributed by atoms with Crippen LogP contribution < -0.4 is 0 Å². The van der Waals surface area contributed by atoms with E-state index in [9.17, 15) is 4.79 Å². The summed E-state index contributed by atoms with van der Waals surface area (Å²) in [6, 6.07) is 9.33. The van der Waals surface area contributed by atoms with Crippen LogP contribution in [-0.2, 0) is 0 Å². The van der Waals surface area contributed by atoms with Gasteiger partial charge in [-0.3, -0.25) is 9.78 Å². The predicted octanol–water partition coefficient (Wildman–Crippen LogP) is 1.61. The molecule has 94 valence electrons. The average Bonchev–Trinajstić information content (AvgIpc) is 2.37. The molecule has 0 fully saturated rings. The SMILES string of the molecule is Cc1ccc2cc(C(=O)N(C)CCO)ccc2n1. The van der Waals surface area contributed by atoms with Crippen molar-refractivity contribution in [3.8, 4) is 0 Å². The molecule has 0 aliphatic carbocycles. The Morgan fingerprint density at radius 3 is 2.83 bits per heavy atom. The van der Waals surface area contributed by atoms with Gasteiger partial charge in [0.1, 0.15) is 0 Å². The summed E-state index contributed by atoms with van der Waals surface area (Å²) in [5, 5.41) is 9.78. The van der Waals surface area contributed by atoms with Crippen molar-refractivity contribution in [3.05, 3.63) is 41.6 Å². The molecule has 0 saturated heterocycles. The first-order valence-electron chi connectivity index (χ1n) is 5.85. The first-order chi connectivity index (χ1) is 8.61. The second-order valence-corrected chi connectivity index (χ2v) is 4.31. The van der Waals surface area contributed by atoms with Crippen molar-refractivity contribution in [2.24, 2.45) is 0 Å². The van der Waals surface area contributed by atoms with Crippen molar-refractivity contribution in [3.63, 3.8) is 0 Å². The molecule has 0 atom stereocenters. The van der Waals surface area contributed by atoms with Crippen LogP contribution in [0.1, 0.15) is 16.1 Å². The summed E-state index contributed by atoms with van der Waals surface area (Å²) in [5.74, 6) is -0.0912. The summed E-state index contributed by atoms with van der Waals surface area (Å²) < 4.78 is 0. The Labute approximate surface area is 106 Å². The highest BCUT2D eigenvalue weighted by Gasteiger charge is 2.11. The number of carbonyl (C=O) groups excluding carboxylic acids is 1. The molecule has 0 aliphatic heterocycles. The van der Waals surface area contributed by atoms with Gasteiger partial charge in [-0.15, -0.1) is 0 Å². The Morgan fingerprint density at radius 2 is 2.11 bits per heavy atom. The van der Waals surface area contributed by atoms with E-state index in [0.717, 1.165) is 16.6 Å². The number of aliphatic hydroxyl groups excluding tert-OH is 1. The van der Waals surface area contributed by atoms with E-state index in [0.29, 0.717) is 12.1 Å². The Morgan fingerprint density at radius 1 is 1.33 bits per heavy atom. The topological polar surface area (TPSA) is 53.4 Å². The smallest absolute Gasteiger partial charge is 0.253 e. The molecule has 0 bridgehead atoms. The maximum atomic E-state index is 12.0. The maximum Gasteiger partial charge on any atom is 0.253 e. The van der Waals surface area contributed by atoms with Crippen LogP contribution >= 0.6 is 0 Å². The molecular formula is C14H16N2O2. The minimum atomic E-state index is -0.0912. The van der Waals surface area contributed by atoms with Crippen molar-refractivity contribution >= 4 is 16.8 Å². The molecule has 4 heteroatoms. The number of hydrogen-bond acceptors (Lipinski definition) is 3. The van der Waals surface area contributed by atoms with Gasteiger partial charge in [0.25, 0.3) is 5.91 Å². The van der Waals surface area contributed by atoms with Gasteiger partial charge >= 0.3 is 0 Å². The number of carbonyl (C=O) groups is 1. The van der Waals surface area contributed by atoms with Crippen molar-refractivity contribution < 1.29 is 9.90 Å². The lowest BCUT2D eigenvalue weighted by molar-refractivity contribution is 0.0767. The molecule has 0 spiro atoms. The Bertz CT molecular complexity index is 581. The number of rotatable bonds is 3. The maximum absolute atomic E-state index is 12.0. The van der Waals surface area contributed by atoms with Gasteiger partial charge in [0.15, 0.2) is 0 Å². The molecule has 18 heavy (non-hydrogen) atoms. The van der Waals surface area contributed by atoms with Gasteiger partial charge in [-0.2, -0.15) is 0 Å². The summed E-state index contributed by atoms with van der Waals surface area (Å²) in [6.45, 7) is 2.24. The fourth-order valence-electron chi connectivity index (χ4n) is 1.83. The summed E-state index contributed by atoms with van der Waals surface area (Å²) in [5.41, 5.74) is 2.46. The van der Waals surface area contributed by atoms with Crippen LogP contribution in [-0.4, -0.2) is 41.1 Å². The molecule has 1 aromatic heterocycles. The van der Waals surface area contributed by atoms with Crippen molar-refractivity contribution in [2.75, 3.05) is 20.2 Å². The monoisotopic (exact) mass is 244 g/mol. The third kappa shape index (κ3) is 2.49. The highest BCUT2D eigenvalue weighted by molar-refractivity contribution is 5.97. The molecule has 4 nitrogen and oxygen atoms in total. The molecule has 0 saturated carbocycles. The van der Waals surface area contributed by atoms with E-state index in [1.165, 1.54) is 4.90 Å². The molecule has 1 N–H and O–H groups in total. The summed E-state index contributed by atoms with van der Waals surface area (Å²) in [7, 11) is 1.68. The minimum Gasteiger partial charge on any atom is -0.395 e. The Hall–Kier alpha value is -1.94. The van der Waals surface area contributed by atoms with Crippen LogP contribution in [0.15, 0.2) is 30.3 Å². The summed E-state index contributed by atoms with van der Waals surface area (Å²) in [6.07, 6.45) is 0. The highest BCUT2D eigenvalue weighted by Crippen LogP contribution is 2.15. The van der Waals surface area contributed by atoms with E-state index in [-0.39, 0.29) is 12.5 Å². The van der Waals surface area contributed by atoms with E-state index in [2.05, 4.69) is 4.98 Å². The van der Waals surface area contributed by atoms with Crippen LogP contribution in [0.25, 0.3) is 10.9 Å².